The molecule has 1 unspecified atom stereocenters. The monoisotopic (exact) mass is 540 g/mol. The molecular formula is C24H40N2O8Si2. The van der Waals surface area contributed by atoms with E-state index in [4.69, 9.17) is 17.7 Å². The van der Waals surface area contributed by atoms with Crippen LogP contribution in [-0.4, -0.2) is 62.5 Å². The zero-order valence-electron chi connectivity index (χ0n) is 22.4. The minimum Gasteiger partial charge on any atom is -0.414 e. The predicted molar refractivity (Wildman–Crippen MR) is 140 cm³/mol. The second-order valence-corrected chi connectivity index (χ2v) is 19.7. The van der Waals surface area contributed by atoms with Gasteiger partial charge in [0.1, 0.15) is 23.9 Å². The van der Waals surface area contributed by atoms with Crippen molar-refractivity contribution in [3.63, 3.8) is 0 Å². The topological polar surface area (TPSA) is 129 Å². The van der Waals surface area contributed by atoms with Crippen LogP contribution in [0.4, 0.5) is 0 Å². The molecule has 2 N–H and O–H groups in total. The summed E-state index contributed by atoms with van der Waals surface area (Å²) in [5, 5.41) is 11.4. The SMILES string of the molecule is C=CC(=O)c1cn([C@@H]2O[C@H]3CO[Si](C(C)C)(C(C)C)O[Si](C(C)C)(C(C)C)O[C@@H]3C2O)c(=O)[nH]c1=O. The van der Waals surface area contributed by atoms with Crippen LogP contribution in [-0.2, 0) is 17.7 Å². The smallest absolute Gasteiger partial charge is 0.335 e. The standard InChI is InChI=1S/C24H40N2O8Si2/c1-10-18(27)17-11-26(24(30)25-22(17)29)23-20(28)21-19(32-23)12-31-35(13(2)3,14(4)5)34-36(33-21,15(6)7)16(8)9/h10-11,13-16,19-21,23,28H,1,12H2,2-9H3,(H,25,29,30)/t19-,20?,21-,23+/m0/s1. The Morgan fingerprint density at radius 3 is 2.14 bits per heavy atom. The van der Waals surface area contributed by atoms with Gasteiger partial charge in [0, 0.05) is 6.20 Å². The number of nitrogens with one attached hydrogen (secondary N) is 1. The molecule has 36 heavy (non-hydrogen) atoms. The number of nitrogens with zero attached hydrogens (tertiary/aromatic N) is 1. The highest BCUT2D eigenvalue weighted by atomic mass is 28.5. The Kier molecular flexibility index (Phi) is 8.50. The summed E-state index contributed by atoms with van der Waals surface area (Å²) in [5.41, 5.74) is -1.55. The Labute approximate surface area is 214 Å². The summed E-state index contributed by atoms with van der Waals surface area (Å²) in [7, 11) is -5.82. The first-order chi connectivity index (χ1) is 16.7. The van der Waals surface area contributed by atoms with Crippen LogP contribution >= 0.6 is 0 Å². The van der Waals surface area contributed by atoms with Gasteiger partial charge in [0.2, 0.25) is 0 Å². The van der Waals surface area contributed by atoms with E-state index in [2.05, 4.69) is 67.0 Å². The molecule has 3 heterocycles. The van der Waals surface area contributed by atoms with Crippen LogP contribution in [0, 0.1) is 0 Å². The van der Waals surface area contributed by atoms with Gasteiger partial charge < -0.3 is 22.8 Å². The van der Waals surface area contributed by atoms with E-state index in [1.807, 2.05) is 0 Å². The molecule has 0 aliphatic carbocycles. The fourth-order valence-electron chi connectivity index (χ4n) is 5.33. The van der Waals surface area contributed by atoms with E-state index >= 15 is 0 Å². The summed E-state index contributed by atoms with van der Waals surface area (Å²) in [5.74, 6) is -0.646. The van der Waals surface area contributed by atoms with E-state index in [-0.39, 0.29) is 34.3 Å². The van der Waals surface area contributed by atoms with Crippen LogP contribution in [0.15, 0.2) is 28.4 Å². The van der Waals surface area contributed by atoms with E-state index in [9.17, 15) is 19.5 Å². The number of aliphatic hydroxyl groups excluding tert-OH is 1. The lowest BCUT2D eigenvalue weighted by atomic mass is 10.1. The van der Waals surface area contributed by atoms with Gasteiger partial charge in [-0.05, 0) is 28.2 Å². The lowest BCUT2D eigenvalue weighted by Crippen LogP contribution is -2.65. The lowest BCUT2D eigenvalue weighted by Gasteiger charge is -2.51. The largest absolute Gasteiger partial charge is 0.414 e. The summed E-state index contributed by atoms with van der Waals surface area (Å²) in [6.07, 6.45) is -1.88. The van der Waals surface area contributed by atoms with Crippen LogP contribution in [0.25, 0.3) is 0 Å². The lowest BCUT2D eigenvalue weighted by molar-refractivity contribution is -0.0601. The van der Waals surface area contributed by atoms with Gasteiger partial charge in [0.25, 0.3) is 5.56 Å². The number of aromatic nitrogens is 2. The number of rotatable bonds is 7. The maximum absolute atomic E-state index is 12.7. The third kappa shape index (κ3) is 4.80. The van der Waals surface area contributed by atoms with Crippen molar-refractivity contribution in [2.75, 3.05) is 6.61 Å². The van der Waals surface area contributed by atoms with Gasteiger partial charge in [-0.25, -0.2) is 4.79 Å². The number of carbonyl (C=O) groups excluding carboxylic acids is 1. The van der Waals surface area contributed by atoms with E-state index in [1.54, 1.807) is 0 Å². The van der Waals surface area contributed by atoms with Crippen molar-refractivity contribution in [1.29, 1.82) is 0 Å². The third-order valence-electron chi connectivity index (χ3n) is 7.33. The minimum atomic E-state index is -3.01. The molecule has 0 radical (unpaired) electrons. The van der Waals surface area contributed by atoms with Crippen molar-refractivity contribution < 1.29 is 27.6 Å². The van der Waals surface area contributed by atoms with Gasteiger partial charge in [0.15, 0.2) is 12.0 Å². The van der Waals surface area contributed by atoms with Crippen molar-refractivity contribution in [2.45, 2.75) is 102 Å². The van der Waals surface area contributed by atoms with E-state index in [1.165, 1.54) is 0 Å². The van der Waals surface area contributed by atoms with Gasteiger partial charge in [0.05, 0.1) is 6.61 Å². The van der Waals surface area contributed by atoms with Gasteiger partial charge in [-0.2, -0.15) is 0 Å². The predicted octanol–water partition coefficient (Wildman–Crippen LogP) is 3.12. The number of hydrogen-bond donors (Lipinski definition) is 2. The van der Waals surface area contributed by atoms with Gasteiger partial charge in [-0.15, -0.1) is 0 Å². The second kappa shape index (κ2) is 10.6. The first-order valence-electron chi connectivity index (χ1n) is 12.6. The average molecular weight is 541 g/mol. The molecule has 0 saturated carbocycles. The van der Waals surface area contributed by atoms with Gasteiger partial charge in [-0.1, -0.05) is 62.0 Å². The first kappa shape index (κ1) is 28.9. The van der Waals surface area contributed by atoms with Crippen molar-refractivity contribution in [3.8, 4) is 0 Å². The maximum Gasteiger partial charge on any atom is 0.335 e. The molecule has 2 aliphatic heterocycles. The van der Waals surface area contributed by atoms with E-state index < -0.39 is 58.7 Å². The molecule has 1 aromatic heterocycles. The highest BCUT2D eigenvalue weighted by Crippen LogP contribution is 2.48. The fraction of sp³-hybridized carbons (Fsp3) is 0.708. The molecule has 1 aromatic rings. The van der Waals surface area contributed by atoms with E-state index in [0.717, 1.165) is 16.8 Å². The number of aliphatic hydroxyl groups is 1. The molecule has 2 aliphatic rings. The minimum absolute atomic E-state index is 0.0445. The highest BCUT2D eigenvalue weighted by molar-refractivity contribution is 6.84. The number of ether oxygens (including phenoxy) is 1. The van der Waals surface area contributed by atoms with Crippen LogP contribution in [0.5, 0.6) is 0 Å². The fourth-order valence-corrected chi connectivity index (χ4v) is 16.5. The zero-order chi connectivity index (χ0) is 27.2. The summed E-state index contributed by atoms with van der Waals surface area (Å²) in [6, 6.07) is 0. The highest BCUT2D eigenvalue weighted by Gasteiger charge is 2.61. The molecule has 4 atom stereocenters. The summed E-state index contributed by atoms with van der Waals surface area (Å²) in [4.78, 5) is 39.2. The van der Waals surface area contributed by atoms with Gasteiger partial charge in [-0.3, -0.25) is 19.1 Å². The summed E-state index contributed by atoms with van der Waals surface area (Å²) in [6.45, 7) is 20.2. The first-order valence-corrected chi connectivity index (χ1v) is 16.5. The molecule has 10 nitrogen and oxygen atoms in total. The van der Waals surface area contributed by atoms with Crippen molar-refractivity contribution in [1.82, 2.24) is 9.55 Å². The number of aromatic amines is 1. The number of ketones is 1. The molecule has 3 rings (SSSR count). The summed E-state index contributed by atoms with van der Waals surface area (Å²) < 4.78 is 27.8. The molecule has 202 valence electrons. The number of hydrogen-bond acceptors (Lipinski definition) is 8. The van der Waals surface area contributed by atoms with Crippen molar-refractivity contribution in [3.05, 3.63) is 45.3 Å². The van der Waals surface area contributed by atoms with Crippen LogP contribution < -0.4 is 11.2 Å². The maximum atomic E-state index is 12.7. The normalized spacial score (nSPS) is 27.8. The molecule has 12 heteroatoms. The van der Waals surface area contributed by atoms with Crippen molar-refractivity contribution >= 4 is 22.9 Å². The Bertz CT molecular complexity index is 1080. The Morgan fingerprint density at radius 2 is 1.64 bits per heavy atom. The number of H-pyrrole nitrogens is 1. The van der Waals surface area contributed by atoms with Gasteiger partial charge >= 0.3 is 22.8 Å². The van der Waals surface area contributed by atoms with Crippen LogP contribution in [0.3, 0.4) is 0 Å². The Hall–Kier alpha value is -1.68. The molecule has 2 fully saturated rings. The number of allylic oxidation sites excluding steroid dienone is 1. The average Bonchev–Trinajstić information content (AvgIpc) is 3.07. The molecular weight excluding hydrogens is 500 g/mol. The number of fused-ring (bicyclic) bond motifs is 1. The number of carbonyl (C=O) groups is 1. The second-order valence-electron chi connectivity index (χ2n) is 10.9. The molecule has 0 spiro atoms. The molecule has 2 saturated heterocycles. The third-order valence-corrected chi connectivity index (χ3v) is 17.6. The molecule has 0 amide bonds. The Morgan fingerprint density at radius 1 is 1.08 bits per heavy atom. The summed E-state index contributed by atoms with van der Waals surface area (Å²) >= 11 is 0. The van der Waals surface area contributed by atoms with Crippen LogP contribution in [0.2, 0.25) is 22.2 Å². The zero-order valence-corrected chi connectivity index (χ0v) is 24.4. The van der Waals surface area contributed by atoms with Crippen molar-refractivity contribution in [2.24, 2.45) is 0 Å². The van der Waals surface area contributed by atoms with Crippen LogP contribution in [0.1, 0.15) is 72.0 Å². The Balaban J connectivity index is 2.12. The van der Waals surface area contributed by atoms with E-state index in [0.29, 0.717) is 0 Å². The molecule has 0 bridgehead atoms. The molecule has 0 aromatic carbocycles. The quantitative estimate of drug-likeness (QED) is 0.307.